The summed E-state index contributed by atoms with van der Waals surface area (Å²) in [4.78, 5) is 22.6. The summed E-state index contributed by atoms with van der Waals surface area (Å²) in [7, 11) is 0. The number of hydrogen-bond acceptors (Lipinski definition) is 3. The SMILES string of the molecule is O=C(Cl)C(=O)Cl.c1ccncc1. The van der Waals surface area contributed by atoms with Crippen molar-refractivity contribution < 1.29 is 9.59 Å². The molecule has 3 nitrogen and oxygen atoms in total. The lowest BCUT2D eigenvalue weighted by Gasteiger charge is -1.70. The van der Waals surface area contributed by atoms with Gasteiger partial charge in [-0.1, -0.05) is 6.07 Å². The standard InChI is InChI=1S/C5H5N.C2Cl2O2/c1-2-4-6-5-3-1;3-1(5)2(4)6/h1-5H;. The monoisotopic (exact) mass is 205 g/mol. The summed E-state index contributed by atoms with van der Waals surface area (Å²) < 4.78 is 0. The number of nitrogens with zero attached hydrogens (tertiary/aromatic N) is 1. The van der Waals surface area contributed by atoms with Crippen molar-refractivity contribution in [3.05, 3.63) is 30.6 Å². The first-order valence-electron chi connectivity index (χ1n) is 2.89. The van der Waals surface area contributed by atoms with E-state index in [1.807, 2.05) is 18.2 Å². The van der Waals surface area contributed by atoms with Gasteiger partial charge in [-0.15, -0.1) is 0 Å². The highest BCUT2D eigenvalue weighted by Crippen LogP contribution is 1.84. The zero-order chi connectivity index (χ0) is 9.40. The van der Waals surface area contributed by atoms with Gasteiger partial charge in [0.25, 0.3) is 0 Å². The molecule has 1 rings (SSSR count). The van der Waals surface area contributed by atoms with E-state index >= 15 is 0 Å². The van der Waals surface area contributed by atoms with Gasteiger partial charge in [-0.05, 0) is 35.3 Å². The average molecular weight is 206 g/mol. The van der Waals surface area contributed by atoms with Gasteiger partial charge in [0.15, 0.2) is 0 Å². The van der Waals surface area contributed by atoms with Crippen molar-refractivity contribution in [2.75, 3.05) is 0 Å². The van der Waals surface area contributed by atoms with Gasteiger partial charge in [0.1, 0.15) is 0 Å². The molecule has 0 aromatic carbocycles. The Morgan fingerprint density at radius 1 is 0.917 bits per heavy atom. The molecule has 0 aliphatic heterocycles. The highest BCUT2D eigenvalue weighted by molar-refractivity contribution is 6.97. The largest absolute Gasteiger partial charge is 0.304 e. The third-order valence-corrected chi connectivity index (χ3v) is 1.16. The highest BCUT2D eigenvalue weighted by Gasteiger charge is 2.01. The van der Waals surface area contributed by atoms with Crippen LogP contribution in [0.1, 0.15) is 0 Å². The minimum absolute atomic E-state index is 1.14. The van der Waals surface area contributed by atoms with Crippen molar-refractivity contribution in [1.29, 1.82) is 0 Å². The van der Waals surface area contributed by atoms with Crippen LogP contribution in [0.3, 0.4) is 0 Å². The molecule has 0 aliphatic carbocycles. The molecule has 0 fully saturated rings. The maximum Gasteiger partial charge on any atom is 0.304 e. The molecule has 12 heavy (non-hydrogen) atoms. The molecule has 64 valence electrons. The van der Waals surface area contributed by atoms with Crippen molar-refractivity contribution in [1.82, 2.24) is 4.98 Å². The van der Waals surface area contributed by atoms with Crippen LogP contribution in [0.5, 0.6) is 0 Å². The fourth-order valence-electron chi connectivity index (χ4n) is 0.313. The van der Waals surface area contributed by atoms with Gasteiger partial charge in [0.05, 0.1) is 0 Å². The summed E-state index contributed by atoms with van der Waals surface area (Å²) in [6.45, 7) is 0. The van der Waals surface area contributed by atoms with Gasteiger partial charge in [-0.25, -0.2) is 0 Å². The fourth-order valence-corrected chi connectivity index (χ4v) is 0.313. The lowest BCUT2D eigenvalue weighted by atomic mass is 10.5. The van der Waals surface area contributed by atoms with E-state index in [1.54, 1.807) is 12.4 Å². The van der Waals surface area contributed by atoms with Crippen LogP contribution >= 0.6 is 23.2 Å². The van der Waals surface area contributed by atoms with Crippen LogP contribution in [0.4, 0.5) is 0 Å². The fraction of sp³-hybridized carbons (Fsp3) is 0. The third-order valence-electron chi connectivity index (χ3n) is 0.721. The van der Waals surface area contributed by atoms with Gasteiger partial charge >= 0.3 is 10.5 Å². The Morgan fingerprint density at radius 3 is 1.42 bits per heavy atom. The molecular weight excluding hydrogens is 201 g/mol. The minimum Gasteiger partial charge on any atom is -0.271 e. The van der Waals surface area contributed by atoms with Crippen LogP contribution in [0.2, 0.25) is 0 Å². The van der Waals surface area contributed by atoms with Crippen molar-refractivity contribution in [3.8, 4) is 0 Å². The van der Waals surface area contributed by atoms with Gasteiger partial charge in [-0.2, -0.15) is 0 Å². The van der Waals surface area contributed by atoms with Crippen LogP contribution in [0, 0.1) is 0 Å². The second-order valence-corrected chi connectivity index (χ2v) is 2.26. The maximum absolute atomic E-state index is 9.43. The van der Waals surface area contributed by atoms with E-state index < -0.39 is 10.5 Å². The molecule has 1 aromatic rings. The summed E-state index contributed by atoms with van der Waals surface area (Å²) in [6.07, 6.45) is 3.50. The molecule has 0 aliphatic rings. The summed E-state index contributed by atoms with van der Waals surface area (Å²) in [5, 5.41) is -2.28. The van der Waals surface area contributed by atoms with E-state index in [0.717, 1.165) is 0 Å². The number of hydrogen-bond donors (Lipinski definition) is 0. The number of rotatable bonds is 1. The zero-order valence-corrected chi connectivity index (χ0v) is 7.42. The summed E-state index contributed by atoms with van der Waals surface area (Å²) in [5.74, 6) is 0. The van der Waals surface area contributed by atoms with Crippen LogP contribution in [-0.4, -0.2) is 15.5 Å². The minimum atomic E-state index is -1.14. The predicted molar refractivity (Wildman–Crippen MR) is 46.0 cm³/mol. The summed E-state index contributed by atoms with van der Waals surface area (Å²) >= 11 is 8.98. The van der Waals surface area contributed by atoms with E-state index in [0.29, 0.717) is 0 Å². The van der Waals surface area contributed by atoms with E-state index in [1.165, 1.54) is 0 Å². The normalized spacial score (nSPS) is 7.83. The molecule has 5 heteroatoms. The topological polar surface area (TPSA) is 47.0 Å². The molecule has 0 amide bonds. The number of carbonyl (C=O) groups excluding carboxylic acids is 2. The summed E-state index contributed by atoms with van der Waals surface area (Å²) in [5.41, 5.74) is 0. The first-order chi connectivity index (χ1) is 5.64. The molecule has 0 radical (unpaired) electrons. The molecule has 0 unspecified atom stereocenters. The number of halogens is 2. The van der Waals surface area contributed by atoms with Crippen LogP contribution in [0.25, 0.3) is 0 Å². The molecular formula is C7H5Cl2NO2. The van der Waals surface area contributed by atoms with Crippen molar-refractivity contribution in [2.45, 2.75) is 0 Å². The molecule has 0 spiro atoms. The molecule has 0 saturated carbocycles. The van der Waals surface area contributed by atoms with E-state index in [4.69, 9.17) is 0 Å². The lowest BCUT2D eigenvalue weighted by molar-refractivity contribution is -0.127. The summed E-state index contributed by atoms with van der Waals surface area (Å²) in [6, 6.07) is 5.72. The van der Waals surface area contributed by atoms with E-state index in [-0.39, 0.29) is 0 Å². The Kier molecular flexibility index (Phi) is 6.24. The van der Waals surface area contributed by atoms with Gasteiger partial charge in [0.2, 0.25) is 0 Å². The van der Waals surface area contributed by atoms with E-state index in [9.17, 15) is 9.59 Å². The predicted octanol–water partition coefficient (Wildman–Crippen LogP) is 1.60. The average Bonchev–Trinajstić information content (AvgIpc) is 2.08. The first kappa shape index (κ1) is 11.1. The van der Waals surface area contributed by atoms with Crippen molar-refractivity contribution >= 4 is 33.7 Å². The number of aromatic nitrogens is 1. The maximum atomic E-state index is 9.43. The van der Waals surface area contributed by atoms with E-state index in [2.05, 4.69) is 28.2 Å². The Labute approximate surface area is 79.3 Å². The molecule has 0 N–H and O–H groups in total. The first-order valence-corrected chi connectivity index (χ1v) is 3.64. The quantitative estimate of drug-likeness (QED) is 0.517. The van der Waals surface area contributed by atoms with Gasteiger partial charge in [0, 0.05) is 12.4 Å². The molecule has 0 atom stereocenters. The molecule has 1 heterocycles. The number of carbonyl (C=O) groups is 2. The molecule has 0 bridgehead atoms. The van der Waals surface area contributed by atoms with Crippen molar-refractivity contribution in [2.24, 2.45) is 0 Å². The third kappa shape index (κ3) is 7.18. The second-order valence-electron chi connectivity index (χ2n) is 1.57. The van der Waals surface area contributed by atoms with Crippen LogP contribution < -0.4 is 0 Å². The van der Waals surface area contributed by atoms with Crippen molar-refractivity contribution in [3.63, 3.8) is 0 Å². The second kappa shape index (κ2) is 6.76. The smallest absolute Gasteiger partial charge is 0.271 e. The van der Waals surface area contributed by atoms with Crippen LogP contribution in [-0.2, 0) is 9.59 Å². The Morgan fingerprint density at radius 2 is 1.33 bits per heavy atom. The van der Waals surface area contributed by atoms with Gasteiger partial charge < -0.3 is 0 Å². The lowest BCUT2D eigenvalue weighted by Crippen LogP contribution is -1.94. The number of pyridine rings is 1. The molecule has 0 saturated heterocycles. The Hall–Kier alpha value is -0.930. The zero-order valence-electron chi connectivity index (χ0n) is 5.91. The Balaban J connectivity index is 0.000000202. The highest BCUT2D eigenvalue weighted by atomic mass is 35.5. The van der Waals surface area contributed by atoms with Crippen LogP contribution in [0.15, 0.2) is 30.6 Å². The van der Waals surface area contributed by atoms with Gasteiger partial charge in [-0.3, -0.25) is 14.6 Å². The Bertz CT molecular complexity index is 212. The molecule has 1 aromatic heterocycles.